The Morgan fingerprint density at radius 3 is 2.26 bits per heavy atom. The van der Waals surface area contributed by atoms with Crippen LogP contribution in [0.2, 0.25) is 0 Å². The fourth-order valence-corrected chi connectivity index (χ4v) is 2.23. The third-order valence-electron chi connectivity index (χ3n) is 3.34. The van der Waals surface area contributed by atoms with Crippen LogP contribution in [-0.2, 0) is 6.54 Å². The van der Waals surface area contributed by atoms with Crippen LogP contribution < -0.4 is 0 Å². The molecule has 4 nitrogen and oxygen atoms in total. The highest BCUT2D eigenvalue weighted by atomic mass is 16.2. The first-order valence-electron chi connectivity index (χ1n) is 6.03. The van der Waals surface area contributed by atoms with Gasteiger partial charge in [-0.1, -0.05) is 12.1 Å². The van der Waals surface area contributed by atoms with Gasteiger partial charge in [0.1, 0.15) is 0 Å². The second kappa shape index (κ2) is 4.31. The van der Waals surface area contributed by atoms with Crippen LogP contribution in [0, 0.1) is 6.92 Å². The molecule has 0 unspecified atom stereocenters. The van der Waals surface area contributed by atoms with E-state index in [1.165, 1.54) is 4.90 Å². The van der Waals surface area contributed by atoms with Crippen molar-refractivity contribution in [1.82, 2.24) is 9.88 Å². The van der Waals surface area contributed by atoms with Crippen molar-refractivity contribution >= 4 is 11.8 Å². The van der Waals surface area contributed by atoms with Crippen molar-refractivity contribution in [3.05, 3.63) is 65.0 Å². The average molecular weight is 252 g/mol. The summed E-state index contributed by atoms with van der Waals surface area (Å²) in [5.74, 6) is -0.450. The highest BCUT2D eigenvalue weighted by Crippen LogP contribution is 2.24. The molecule has 3 rings (SSSR count). The molecule has 2 amide bonds. The summed E-state index contributed by atoms with van der Waals surface area (Å²) in [5, 5.41) is 0. The Kier molecular flexibility index (Phi) is 2.63. The summed E-state index contributed by atoms with van der Waals surface area (Å²) in [4.78, 5) is 29.7. The standard InChI is InChI=1S/C15H12N2O2/c1-10-8-16-7-6-11(10)9-17-14(18)12-4-2-3-5-13(12)15(17)19/h2-8H,9H2,1H3. The maximum absolute atomic E-state index is 12.2. The van der Waals surface area contributed by atoms with Crippen LogP contribution in [0.1, 0.15) is 31.8 Å². The zero-order chi connectivity index (χ0) is 13.4. The third kappa shape index (κ3) is 1.81. The quantitative estimate of drug-likeness (QED) is 0.770. The summed E-state index contributed by atoms with van der Waals surface area (Å²) in [5.41, 5.74) is 2.88. The third-order valence-corrected chi connectivity index (χ3v) is 3.34. The summed E-state index contributed by atoms with van der Waals surface area (Å²) >= 11 is 0. The molecule has 1 aromatic heterocycles. The van der Waals surface area contributed by atoms with Crippen LogP contribution in [0.15, 0.2) is 42.7 Å². The van der Waals surface area contributed by atoms with E-state index in [9.17, 15) is 9.59 Å². The normalized spacial score (nSPS) is 13.8. The van der Waals surface area contributed by atoms with Gasteiger partial charge in [-0.3, -0.25) is 19.5 Å². The van der Waals surface area contributed by atoms with Gasteiger partial charge in [0.05, 0.1) is 17.7 Å². The Hall–Kier alpha value is -2.49. The van der Waals surface area contributed by atoms with E-state index < -0.39 is 0 Å². The number of carbonyl (C=O) groups is 2. The molecule has 0 bridgehead atoms. The SMILES string of the molecule is Cc1cnccc1CN1C(=O)c2ccccc2C1=O. The van der Waals surface area contributed by atoms with Crippen molar-refractivity contribution in [3.63, 3.8) is 0 Å². The van der Waals surface area contributed by atoms with Crippen LogP contribution in [0.4, 0.5) is 0 Å². The minimum Gasteiger partial charge on any atom is -0.270 e. The molecule has 19 heavy (non-hydrogen) atoms. The van der Waals surface area contributed by atoms with Gasteiger partial charge in [0.25, 0.3) is 11.8 Å². The Morgan fingerprint density at radius 1 is 1.05 bits per heavy atom. The molecule has 1 aliphatic rings. The van der Waals surface area contributed by atoms with E-state index in [1.54, 1.807) is 36.7 Å². The lowest BCUT2D eigenvalue weighted by Gasteiger charge is -2.15. The van der Waals surface area contributed by atoms with Crippen molar-refractivity contribution in [1.29, 1.82) is 0 Å². The first-order valence-corrected chi connectivity index (χ1v) is 6.03. The number of imide groups is 1. The second-order valence-corrected chi connectivity index (χ2v) is 4.54. The lowest BCUT2D eigenvalue weighted by Crippen LogP contribution is -2.29. The van der Waals surface area contributed by atoms with E-state index in [0.717, 1.165) is 11.1 Å². The molecule has 1 aliphatic heterocycles. The lowest BCUT2D eigenvalue weighted by molar-refractivity contribution is 0.0642. The summed E-state index contributed by atoms with van der Waals surface area (Å²) in [6.45, 7) is 2.21. The number of pyridine rings is 1. The highest BCUT2D eigenvalue weighted by molar-refractivity contribution is 6.21. The molecular weight excluding hydrogens is 240 g/mol. The van der Waals surface area contributed by atoms with Gasteiger partial charge in [0.2, 0.25) is 0 Å². The van der Waals surface area contributed by atoms with Gasteiger partial charge in [0, 0.05) is 12.4 Å². The number of hydrogen-bond acceptors (Lipinski definition) is 3. The molecule has 0 radical (unpaired) electrons. The fourth-order valence-electron chi connectivity index (χ4n) is 2.23. The van der Waals surface area contributed by atoms with Crippen molar-refractivity contribution in [2.75, 3.05) is 0 Å². The predicted octanol–water partition coefficient (Wildman–Crippen LogP) is 2.19. The number of hydrogen-bond donors (Lipinski definition) is 0. The van der Waals surface area contributed by atoms with E-state index in [4.69, 9.17) is 0 Å². The van der Waals surface area contributed by atoms with E-state index in [0.29, 0.717) is 17.7 Å². The first kappa shape index (κ1) is 11.6. The van der Waals surface area contributed by atoms with Crippen LogP contribution in [0.25, 0.3) is 0 Å². The molecule has 0 saturated heterocycles. The zero-order valence-electron chi connectivity index (χ0n) is 10.5. The Bertz CT molecular complexity index is 644. The smallest absolute Gasteiger partial charge is 0.261 e. The molecular formula is C15H12N2O2. The molecule has 0 saturated carbocycles. The van der Waals surface area contributed by atoms with Gasteiger partial charge >= 0.3 is 0 Å². The largest absolute Gasteiger partial charge is 0.270 e. The maximum Gasteiger partial charge on any atom is 0.261 e. The van der Waals surface area contributed by atoms with Crippen molar-refractivity contribution in [3.8, 4) is 0 Å². The highest BCUT2D eigenvalue weighted by Gasteiger charge is 2.35. The summed E-state index contributed by atoms with van der Waals surface area (Å²) < 4.78 is 0. The summed E-state index contributed by atoms with van der Waals surface area (Å²) in [6.07, 6.45) is 3.40. The monoisotopic (exact) mass is 252 g/mol. The average Bonchev–Trinajstić information content (AvgIpc) is 2.67. The molecule has 4 heteroatoms. The molecule has 2 heterocycles. The number of rotatable bonds is 2. The second-order valence-electron chi connectivity index (χ2n) is 4.54. The van der Waals surface area contributed by atoms with Crippen LogP contribution in [0.3, 0.4) is 0 Å². The number of nitrogens with zero attached hydrogens (tertiary/aromatic N) is 2. The van der Waals surface area contributed by atoms with Gasteiger partial charge < -0.3 is 0 Å². The number of fused-ring (bicyclic) bond motifs is 1. The van der Waals surface area contributed by atoms with E-state index in [1.807, 2.05) is 13.0 Å². The summed E-state index contributed by atoms with van der Waals surface area (Å²) in [7, 11) is 0. The van der Waals surface area contributed by atoms with Gasteiger partial charge in [-0.15, -0.1) is 0 Å². The van der Waals surface area contributed by atoms with Crippen LogP contribution in [-0.4, -0.2) is 21.7 Å². The number of aromatic nitrogens is 1. The number of amides is 2. The van der Waals surface area contributed by atoms with Crippen LogP contribution >= 0.6 is 0 Å². The molecule has 1 aromatic carbocycles. The van der Waals surface area contributed by atoms with Gasteiger partial charge in [-0.2, -0.15) is 0 Å². The van der Waals surface area contributed by atoms with Crippen molar-refractivity contribution in [2.24, 2.45) is 0 Å². The Labute approximate surface area is 110 Å². The number of carbonyl (C=O) groups excluding carboxylic acids is 2. The van der Waals surface area contributed by atoms with Gasteiger partial charge in [-0.25, -0.2) is 0 Å². The van der Waals surface area contributed by atoms with Crippen LogP contribution in [0.5, 0.6) is 0 Å². The molecule has 2 aromatic rings. The number of aryl methyl sites for hydroxylation is 1. The fraction of sp³-hybridized carbons (Fsp3) is 0.133. The topological polar surface area (TPSA) is 50.3 Å². The Balaban J connectivity index is 1.95. The number of benzene rings is 1. The maximum atomic E-state index is 12.2. The molecule has 0 aliphatic carbocycles. The minimum atomic E-state index is -0.225. The summed E-state index contributed by atoms with van der Waals surface area (Å²) in [6, 6.07) is 8.75. The molecule has 0 atom stereocenters. The Morgan fingerprint density at radius 2 is 1.68 bits per heavy atom. The first-order chi connectivity index (χ1) is 9.18. The molecule has 94 valence electrons. The predicted molar refractivity (Wildman–Crippen MR) is 69.6 cm³/mol. The lowest BCUT2D eigenvalue weighted by atomic mass is 10.1. The zero-order valence-corrected chi connectivity index (χ0v) is 10.5. The van der Waals surface area contributed by atoms with Crippen molar-refractivity contribution in [2.45, 2.75) is 13.5 Å². The molecule has 0 fully saturated rings. The van der Waals surface area contributed by atoms with Crippen molar-refractivity contribution < 1.29 is 9.59 Å². The minimum absolute atomic E-state index is 0.225. The van der Waals surface area contributed by atoms with E-state index in [-0.39, 0.29) is 11.8 Å². The van der Waals surface area contributed by atoms with E-state index >= 15 is 0 Å². The van der Waals surface area contributed by atoms with E-state index in [2.05, 4.69) is 4.98 Å². The van der Waals surface area contributed by atoms with Gasteiger partial charge in [0.15, 0.2) is 0 Å². The molecule has 0 spiro atoms. The van der Waals surface area contributed by atoms with Gasteiger partial charge in [-0.05, 0) is 36.2 Å². The molecule has 0 N–H and O–H groups in total.